The second kappa shape index (κ2) is 6.55. The number of amides is 1. The Bertz CT molecular complexity index is 618. The number of aryl methyl sites for hydroxylation is 1. The fourth-order valence-corrected chi connectivity index (χ4v) is 2.72. The highest BCUT2D eigenvalue weighted by Crippen LogP contribution is 2.19. The molecule has 116 valence electrons. The van der Waals surface area contributed by atoms with Crippen LogP contribution < -0.4 is 10.2 Å². The number of nitrogens with zero attached hydrogens (tertiary/aromatic N) is 5. The van der Waals surface area contributed by atoms with Gasteiger partial charge in [0.25, 0.3) is 5.91 Å². The van der Waals surface area contributed by atoms with Gasteiger partial charge in [0.2, 0.25) is 5.95 Å². The van der Waals surface area contributed by atoms with Crippen molar-refractivity contribution < 1.29 is 4.79 Å². The number of hydrogen-bond acceptors (Lipinski definition) is 5. The first-order chi connectivity index (χ1) is 10.7. The van der Waals surface area contributed by atoms with E-state index in [0.717, 1.165) is 31.9 Å². The van der Waals surface area contributed by atoms with E-state index in [1.54, 1.807) is 36.4 Å². The number of carbonyl (C=O) groups is 1. The van der Waals surface area contributed by atoms with E-state index >= 15 is 0 Å². The van der Waals surface area contributed by atoms with Gasteiger partial charge in [-0.15, -0.1) is 0 Å². The lowest BCUT2D eigenvalue weighted by atomic mass is 9.97. The normalized spacial score (nSPS) is 15.8. The number of hydrogen-bond donors (Lipinski definition) is 1. The van der Waals surface area contributed by atoms with Gasteiger partial charge in [-0.2, -0.15) is 5.10 Å². The highest BCUT2D eigenvalue weighted by Gasteiger charge is 2.21. The summed E-state index contributed by atoms with van der Waals surface area (Å²) in [5, 5.41) is 7.01. The Balaban J connectivity index is 1.46. The molecule has 2 aromatic rings. The molecular weight excluding hydrogens is 280 g/mol. The molecular formula is C15H20N6O. The Morgan fingerprint density at radius 3 is 2.64 bits per heavy atom. The predicted molar refractivity (Wildman–Crippen MR) is 82.5 cm³/mol. The molecule has 0 aliphatic carbocycles. The van der Waals surface area contributed by atoms with Crippen molar-refractivity contribution in [2.24, 2.45) is 13.0 Å². The van der Waals surface area contributed by atoms with Crippen LogP contribution in [0, 0.1) is 5.92 Å². The quantitative estimate of drug-likeness (QED) is 0.906. The van der Waals surface area contributed by atoms with Crippen molar-refractivity contribution in [3.8, 4) is 0 Å². The molecule has 22 heavy (non-hydrogen) atoms. The van der Waals surface area contributed by atoms with Gasteiger partial charge in [-0.1, -0.05) is 0 Å². The SMILES string of the molecule is Cn1nccc1C(=O)NCC1CCN(c2ncccn2)CC1. The summed E-state index contributed by atoms with van der Waals surface area (Å²) in [5.41, 5.74) is 0.593. The van der Waals surface area contributed by atoms with E-state index in [9.17, 15) is 4.79 Å². The second-order valence-corrected chi connectivity index (χ2v) is 5.53. The monoisotopic (exact) mass is 300 g/mol. The summed E-state index contributed by atoms with van der Waals surface area (Å²) in [6.45, 7) is 2.56. The van der Waals surface area contributed by atoms with E-state index in [1.807, 2.05) is 6.07 Å². The summed E-state index contributed by atoms with van der Waals surface area (Å²) in [7, 11) is 1.77. The van der Waals surface area contributed by atoms with Crippen LogP contribution >= 0.6 is 0 Å². The Hall–Kier alpha value is -2.44. The van der Waals surface area contributed by atoms with Crippen LogP contribution in [0.2, 0.25) is 0 Å². The van der Waals surface area contributed by atoms with Gasteiger partial charge in [0, 0.05) is 45.3 Å². The maximum Gasteiger partial charge on any atom is 0.269 e. The molecule has 1 N–H and O–H groups in total. The Morgan fingerprint density at radius 2 is 2.00 bits per heavy atom. The third-order valence-electron chi connectivity index (χ3n) is 4.05. The number of carbonyl (C=O) groups excluding carboxylic acids is 1. The van der Waals surface area contributed by atoms with E-state index < -0.39 is 0 Å². The van der Waals surface area contributed by atoms with Crippen molar-refractivity contribution in [3.63, 3.8) is 0 Å². The maximum atomic E-state index is 12.1. The van der Waals surface area contributed by atoms with Crippen molar-refractivity contribution >= 4 is 11.9 Å². The van der Waals surface area contributed by atoms with Crippen molar-refractivity contribution in [1.29, 1.82) is 0 Å². The minimum atomic E-state index is -0.0613. The van der Waals surface area contributed by atoms with Gasteiger partial charge in [0.05, 0.1) is 0 Å². The lowest BCUT2D eigenvalue weighted by Gasteiger charge is -2.31. The summed E-state index contributed by atoms with van der Waals surface area (Å²) in [6, 6.07) is 3.55. The van der Waals surface area contributed by atoms with Gasteiger partial charge in [-0.25, -0.2) is 9.97 Å². The lowest BCUT2D eigenvalue weighted by Crippen LogP contribution is -2.39. The van der Waals surface area contributed by atoms with Gasteiger partial charge in [0.15, 0.2) is 0 Å². The molecule has 0 bridgehead atoms. The summed E-state index contributed by atoms with van der Waals surface area (Å²) < 4.78 is 1.59. The number of aromatic nitrogens is 4. The molecule has 0 radical (unpaired) electrons. The molecule has 3 rings (SSSR count). The van der Waals surface area contributed by atoms with Crippen molar-refractivity contribution in [2.75, 3.05) is 24.5 Å². The number of rotatable bonds is 4. The molecule has 1 amide bonds. The van der Waals surface area contributed by atoms with Gasteiger partial charge in [-0.05, 0) is 30.9 Å². The first-order valence-corrected chi connectivity index (χ1v) is 7.52. The minimum Gasteiger partial charge on any atom is -0.350 e. The molecule has 3 heterocycles. The fraction of sp³-hybridized carbons (Fsp3) is 0.467. The van der Waals surface area contributed by atoms with Gasteiger partial charge in [-0.3, -0.25) is 9.48 Å². The third kappa shape index (κ3) is 3.24. The molecule has 1 saturated heterocycles. The standard InChI is InChI=1S/C15H20N6O/c1-20-13(3-8-19-20)14(22)18-11-12-4-9-21(10-5-12)15-16-6-2-7-17-15/h2-3,6-8,12H,4-5,9-11H2,1H3,(H,18,22). The molecule has 1 aliphatic rings. The summed E-state index contributed by atoms with van der Waals surface area (Å²) in [5.74, 6) is 1.23. The second-order valence-electron chi connectivity index (χ2n) is 5.53. The third-order valence-corrected chi connectivity index (χ3v) is 4.05. The highest BCUT2D eigenvalue weighted by atomic mass is 16.2. The largest absolute Gasteiger partial charge is 0.350 e. The van der Waals surface area contributed by atoms with Crippen molar-refractivity contribution in [3.05, 3.63) is 36.4 Å². The number of anilines is 1. The molecule has 0 spiro atoms. The number of piperidine rings is 1. The van der Waals surface area contributed by atoms with Gasteiger partial charge >= 0.3 is 0 Å². The fourth-order valence-electron chi connectivity index (χ4n) is 2.72. The zero-order valence-corrected chi connectivity index (χ0v) is 12.6. The van der Waals surface area contributed by atoms with Crippen LogP contribution in [0.3, 0.4) is 0 Å². The molecule has 0 saturated carbocycles. The average molecular weight is 300 g/mol. The Kier molecular flexibility index (Phi) is 4.32. The molecule has 0 aromatic carbocycles. The molecule has 7 heteroatoms. The van der Waals surface area contributed by atoms with Crippen LogP contribution in [0.15, 0.2) is 30.7 Å². The molecule has 7 nitrogen and oxygen atoms in total. The molecule has 1 aliphatic heterocycles. The van der Waals surface area contributed by atoms with E-state index in [4.69, 9.17) is 0 Å². The van der Waals surface area contributed by atoms with Crippen LogP contribution in [0.4, 0.5) is 5.95 Å². The molecule has 0 unspecified atom stereocenters. The zero-order chi connectivity index (χ0) is 15.4. The maximum absolute atomic E-state index is 12.1. The Labute approximate surface area is 129 Å². The summed E-state index contributed by atoms with van der Waals surface area (Å²) >= 11 is 0. The molecule has 0 atom stereocenters. The topological polar surface area (TPSA) is 75.9 Å². The van der Waals surface area contributed by atoms with Crippen molar-refractivity contribution in [1.82, 2.24) is 25.1 Å². The van der Waals surface area contributed by atoms with E-state index in [-0.39, 0.29) is 5.91 Å². The number of nitrogens with one attached hydrogen (secondary N) is 1. The molecule has 2 aromatic heterocycles. The minimum absolute atomic E-state index is 0.0613. The van der Waals surface area contributed by atoms with E-state index in [1.165, 1.54) is 0 Å². The predicted octanol–water partition coefficient (Wildman–Crippen LogP) is 0.856. The van der Waals surface area contributed by atoms with Crippen LogP contribution in [0.1, 0.15) is 23.3 Å². The van der Waals surface area contributed by atoms with E-state index in [0.29, 0.717) is 18.2 Å². The summed E-state index contributed by atoms with van der Waals surface area (Å²) in [6.07, 6.45) is 7.23. The lowest BCUT2D eigenvalue weighted by molar-refractivity contribution is 0.0935. The van der Waals surface area contributed by atoms with Crippen LogP contribution in [-0.2, 0) is 7.05 Å². The van der Waals surface area contributed by atoms with Gasteiger partial charge < -0.3 is 10.2 Å². The van der Waals surface area contributed by atoms with Crippen LogP contribution in [0.5, 0.6) is 0 Å². The average Bonchev–Trinajstić information content (AvgIpc) is 3.00. The highest BCUT2D eigenvalue weighted by molar-refractivity contribution is 5.92. The summed E-state index contributed by atoms with van der Waals surface area (Å²) in [4.78, 5) is 22.8. The first kappa shape index (κ1) is 14.5. The molecule has 1 fully saturated rings. The zero-order valence-electron chi connectivity index (χ0n) is 12.6. The van der Waals surface area contributed by atoms with Crippen LogP contribution in [0.25, 0.3) is 0 Å². The van der Waals surface area contributed by atoms with Crippen molar-refractivity contribution in [2.45, 2.75) is 12.8 Å². The van der Waals surface area contributed by atoms with Crippen LogP contribution in [-0.4, -0.2) is 45.3 Å². The first-order valence-electron chi connectivity index (χ1n) is 7.52. The smallest absolute Gasteiger partial charge is 0.269 e. The Morgan fingerprint density at radius 1 is 1.27 bits per heavy atom. The van der Waals surface area contributed by atoms with E-state index in [2.05, 4.69) is 25.3 Å². The van der Waals surface area contributed by atoms with Gasteiger partial charge in [0.1, 0.15) is 5.69 Å².